The molecule has 8 heteroatoms. The summed E-state index contributed by atoms with van der Waals surface area (Å²) in [5, 5.41) is 2.90. The first-order valence-electron chi connectivity index (χ1n) is 5.78. The van der Waals surface area contributed by atoms with E-state index in [0.29, 0.717) is 16.3 Å². The van der Waals surface area contributed by atoms with Crippen LogP contribution in [0.4, 0.5) is 10.8 Å². The molecule has 0 bridgehead atoms. The lowest BCUT2D eigenvalue weighted by atomic mass is 10.2. The molecule has 0 atom stereocenters. The van der Waals surface area contributed by atoms with Crippen molar-refractivity contribution in [3.05, 3.63) is 18.2 Å². The average Bonchev–Trinajstić information content (AvgIpc) is 2.68. The minimum Gasteiger partial charge on any atom is -0.399 e. The summed E-state index contributed by atoms with van der Waals surface area (Å²) in [5.41, 5.74) is 6.99. The predicted octanol–water partition coefficient (Wildman–Crippen LogP) is 1.64. The molecule has 1 aromatic heterocycles. The number of nitrogens with two attached hydrogens (primary N) is 1. The van der Waals surface area contributed by atoms with E-state index >= 15 is 0 Å². The molecule has 6 nitrogen and oxygen atoms in total. The van der Waals surface area contributed by atoms with Crippen LogP contribution in [-0.4, -0.2) is 30.3 Å². The van der Waals surface area contributed by atoms with Crippen molar-refractivity contribution in [2.75, 3.05) is 17.3 Å². The summed E-state index contributed by atoms with van der Waals surface area (Å²) in [5.74, 6) is -0.605. The highest BCUT2D eigenvalue weighted by molar-refractivity contribution is 7.92. The third kappa shape index (κ3) is 2.61. The van der Waals surface area contributed by atoms with Crippen LogP contribution in [0.15, 0.2) is 18.2 Å². The largest absolute Gasteiger partial charge is 0.399 e. The van der Waals surface area contributed by atoms with E-state index in [-0.39, 0.29) is 0 Å². The fourth-order valence-electron chi connectivity index (χ4n) is 1.41. The van der Waals surface area contributed by atoms with Crippen LogP contribution in [0.1, 0.15) is 13.8 Å². The summed E-state index contributed by atoms with van der Waals surface area (Å²) in [4.78, 5) is 16.3. The van der Waals surface area contributed by atoms with Crippen molar-refractivity contribution < 1.29 is 13.2 Å². The van der Waals surface area contributed by atoms with Gasteiger partial charge < -0.3 is 11.1 Å². The first kappa shape index (κ1) is 14.7. The molecular weight excluding hydrogens is 298 g/mol. The molecular formula is C12H15N3O3S2. The van der Waals surface area contributed by atoms with Crippen LogP contribution in [0.3, 0.4) is 0 Å². The predicted molar refractivity (Wildman–Crippen MR) is 81.6 cm³/mol. The molecule has 108 valence electrons. The van der Waals surface area contributed by atoms with Crippen molar-refractivity contribution in [1.82, 2.24) is 4.98 Å². The maximum Gasteiger partial charge on any atom is 0.247 e. The minimum atomic E-state index is -3.51. The number of anilines is 2. The van der Waals surface area contributed by atoms with Gasteiger partial charge in [0.25, 0.3) is 0 Å². The van der Waals surface area contributed by atoms with Crippen molar-refractivity contribution in [3.8, 4) is 0 Å². The molecule has 1 aromatic carbocycles. The van der Waals surface area contributed by atoms with E-state index in [1.54, 1.807) is 18.2 Å². The zero-order chi connectivity index (χ0) is 15.1. The third-order valence-electron chi connectivity index (χ3n) is 3.11. The molecule has 0 saturated carbocycles. The van der Waals surface area contributed by atoms with Crippen LogP contribution in [0.5, 0.6) is 0 Å². The standard InChI is InChI=1S/C12H15N3O3S2/c1-12(2,20(3,17)18)10(16)15-11-14-8-5-4-7(13)6-9(8)19-11/h4-6H,13H2,1-3H3,(H,14,15,16). The van der Waals surface area contributed by atoms with Gasteiger partial charge in [-0.2, -0.15) is 0 Å². The Bertz CT molecular complexity index is 778. The van der Waals surface area contributed by atoms with Crippen molar-refractivity contribution in [2.24, 2.45) is 0 Å². The summed E-state index contributed by atoms with van der Waals surface area (Å²) in [7, 11) is -3.51. The van der Waals surface area contributed by atoms with Gasteiger partial charge in [-0.1, -0.05) is 11.3 Å². The SMILES string of the molecule is CC(C)(C(=O)Nc1nc2ccc(N)cc2s1)S(C)(=O)=O. The molecule has 1 amide bonds. The number of nitrogens with one attached hydrogen (secondary N) is 1. The Hall–Kier alpha value is -1.67. The van der Waals surface area contributed by atoms with Gasteiger partial charge in [-0.3, -0.25) is 4.79 Å². The van der Waals surface area contributed by atoms with Crippen molar-refractivity contribution in [3.63, 3.8) is 0 Å². The van der Waals surface area contributed by atoms with Crippen LogP contribution in [0.25, 0.3) is 10.2 Å². The van der Waals surface area contributed by atoms with Crippen LogP contribution in [-0.2, 0) is 14.6 Å². The van der Waals surface area contributed by atoms with Crippen molar-refractivity contribution in [2.45, 2.75) is 18.6 Å². The molecule has 1 heterocycles. The topological polar surface area (TPSA) is 102 Å². The first-order valence-corrected chi connectivity index (χ1v) is 8.49. The fourth-order valence-corrected chi connectivity index (χ4v) is 2.71. The Balaban J connectivity index is 2.31. The molecule has 2 aromatic rings. The van der Waals surface area contributed by atoms with Gasteiger partial charge in [0.1, 0.15) is 4.75 Å². The number of nitrogens with zero attached hydrogens (tertiary/aromatic N) is 1. The second kappa shape index (κ2) is 4.71. The lowest BCUT2D eigenvalue weighted by molar-refractivity contribution is -0.117. The van der Waals surface area contributed by atoms with Gasteiger partial charge in [0.15, 0.2) is 15.0 Å². The molecule has 0 aliphatic rings. The number of hydrogen-bond acceptors (Lipinski definition) is 6. The maximum atomic E-state index is 12.1. The summed E-state index contributed by atoms with van der Waals surface area (Å²) in [6.45, 7) is 2.73. The zero-order valence-electron chi connectivity index (χ0n) is 11.3. The molecule has 0 aliphatic carbocycles. The molecule has 0 fully saturated rings. The van der Waals surface area contributed by atoms with E-state index in [9.17, 15) is 13.2 Å². The number of carbonyl (C=O) groups excluding carboxylic acids is 1. The normalized spacial score (nSPS) is 12.6. The summed E-state index contributed by atoms with van der Waals surface area (Å²) >= 11 is 1.25. The number of carbonyl (C=O) groups is 1. The number of benzene rings is 1. The Labute approximate surface area is 120 Å². The van der Waals surface area contributed by atoms with Crippen LogP contribution >= 0.6 is 11.3 Å². The highest BCUT2D eigenvalue weighted by atomic mass is 32.2. The van der Waals surface area contributed by atoms with Gasteiger partial charge in [-0.15, -0.1) is 0 Å². The number of rotatable bonds is 3. The number of nitrogen functional groups attached to an aromatic ring is 1. The van der Waals surface area contributed by atoms with Crippen LogP contribution in [0, 0.1) is 0 Å². The maximum absolute atomic E-state index is 12.1. The average molecular weight is 313 g/mol. The Morgan fingerprint density at radius 1 is 1.40 bits per heavy atom. The van der Waals surface area contributed by atoms with Gasteiger partial charge >= 0.3 is 0 Å². The van der Waals surface area contributed by atoms with Crippen LogP contribution < -0.4 is 11.1 Å². The lowest BCUT2D eigenvalue weighted by Crippen LogP contribution is -2.43. The second-order valence-corrected chi connectivity index (χ2v) is 8.58. The van der Waals surface area contributed by atoms with Gasteiger partial charge in [0.05, 0.1) is 10.2 Å². The van der Waals surface area contributed by atoms with E-state index in [1.807, 2.05) is 0 Å². The number of amides is 1. The summed E-state index contributed by atoms with van der Waals surface area (Å²) in [6, 6.07) is 5.22. The number of sulfone groups is 1. The number of aromatic nitrogens is 1. The monoisotopic (exact) mass is 313 g/mol. The van der Waals surface area contributed by atoms with Gasteiger partial charge in [-0.05, 0) is 32.0 Å². The quantitative estimate of drug-likeness (QED) is 0.839. The Morgan fingerprint density at radius 3 is 2.65 bits per heavy atom. The molecule has 2 rings (SSSR count). The molecule has 20 heavy (non-hydrogen) atoms. The lowest BCUT2D eigenvalue weighted by Gasteiger charge is -2.20. The molecule has 0 aliphatic heterocycles. The Morgan fingerprint density at radius 2 is 2.05 bits per heavy atom. The summed E-state index contributed by atoms with van der Waals surface area (Å²) in [6.07, 6.45) is 1.03. The number of fused-ring (bicyclic) bond motifs is 1. The van der Waals surface area contributed by atoms with E-state index in [2.05, 4.69) is 10.3 Å². The van der Waals surface area contributed by atoms with Crippen LogP contribution in [0.2, 0.25) is 0 Å². The molecule has 0 unspecified atom stereocenters. The minimum absolute atomic E-state index is 0.354. The van der Waals surface area contributed by atoms with Crippen molar-refractivity contribution in [1.29, 1.82) is 0 Å². The van der Waals surface area contributed by atoms with E-state index in [4.69, 9.17) is 5.73 Å². The second-order valence-electron chi connectivity index (χ2n) is 4.98. The van der Waals surface area contributed by atoms with Gasteiger partial charge in [0, 0.05) is 11.9 Å². The highest BCUT2D eigenvalue weighted by Gasteiger charge is 2.38. The molecule has 3 N–H and O–H groups in total. The number of thiazole rings is 1. The zero-order valence-corrected chi connectivity index (χ0v) is 12.9. The summed E-state index contributed by atoms with van der Waals surface area (Å²) < 4.78 is 22.5. The fraction of sp³-hybridized carbons (Fsp3) is 0.333. The molecule has 0 spiro atoms. The van der Waals surface area contributed by atoms with Gasteiger partial charge in [0.2, 0.25) is 5.91 Å². The number of hydrogen-bond donors (Lipinski definition) is 2. The molecule has 0 radical (unpaired) electrons. The first-order chi connectivity index (χ1) is 9.11. The van der Waals surface area contributed by atoms with E-state index in [0.717, 1.165) is 11.0 Å². The highest BCUT2D eigenvalue weighted by Crippen LogP contribution is 2.28. The Kier molecular flexibility index (Phi) is 3.47. The van der Waals surface area contributed by atoms with E-state index in [1.165, 1.54) is 25.2 Å². The van der Waals surface area contributed by atoms with Crippen molar-refractivity contribution >= 4 is 48.1 Å². The third-order valence-corrected chi connectivity index (χ3v) is 6.08. The smallest absolute Gasteiger partial charge is 0.247 e. The van der Waals surface area contributed by atoms with Gasteiger partial charge in [-0.25, -0.2) is 13.4 Å². The van der Waals surface area contributed by atoms with E-state index < -0.39 is 20.5 Å². The molecule has 0 saturated heterocycles.